The topological polar surface area (TPSA) is 62.7 Å². The molecule has 0 fully saturated rings. The predicted molar refractivity (Wildman–Crippen MR) is 99.2 cm³/mol. The summed E-state index contributed by atoms with van der Waals surface area (Å²) in [6.07, 6.45) is 0.775. The van der Waals surface area contributed by atoms with Crippen molar-refractivity contribution < 1.29 is 0 Å². The normalized spacial score (nSPS) is 10.5. The van der Waals surface area contributed by atoms with Crippen LogP contribution in [0.2, 0.25) is 0 Å². The van der Waals surface area contributed by atoms with Gasteiger partial charge in [-0.2, -0.15) is 5.26 Å². The summed E-state index contributed by atoms with van der Waals surface area (Å²) in [7, 11) is 0. The zero-order chi connectivity index (χ0) is 16.4. The molecule has 0 aliphatic rings. The lowest BCUT2D eigenvalue weighted by atomic mass is 9.94. The van der Waals surface area contributed by atoms with E-state index < -0.39 is 0 Å². The Kier molecular flexibility index (Phi) is 4.46. The summed E-state index contributed by atoms with van der Waals surface area (Å²) in [4.78, 5) is 5.55. The van der Waals surface area contributed by atoms with Crippen LogP contribution in [-0.2, 0) is 6.42 Å². The molecule has 5 heteroatoms. The van der Waals surface area contributed by atoms with Crippen molar-refractivity contribution in [2.45, 2.75) is 13.3 Å². The van der Waals surface area contributed by atoms with Crippen molar-refractivity contribution in [1.82, 2.24) is 4.98 Å². The Morgan fingerprint density at radius 2 is 2.04 bits per heavy atom. The second-order valence-electron chi connectivity index (χ2n) is 5.03. The second-order valence-corrected chi connectivity index (χ2v) is 6.86. The highest BCUT2D eigenvalue weighted by molar-refractivity contribution is 9.10. The Hall–Kier alpha value is -2.16. The molecule has 0 saturated heterocycles. The molecule has 3 rings (SSSR count). The van der Waals surface area contributed by atoms with Crippen molar-refractivity contribution in [1.29, 1.82) is 5.26 Å². The number of pyridine rings is 1. The molecule has 0 saturated carbocycles. The number of nitrogens with two attached hydrogens (primary N) is 1. The van der Waals surface area contributed by atoms with Gasteiger partial charge in [0.25, 0.3) is 0 Å². The maximum atomic E-state index is 9.57. The number of hydrogen-bond donors (Lipinski definition) is 1. The van der Waals surface area contributed by atoms with E-state index in [9.17, 15) is 5.26 Å². The maximum absolute atomic E-state index is 9.57. The summed E-state index contributed by atoms with van der Waals surface area (Å²) < 4.78 is 1.00. The molecule has 2 heterocycles. The summed E-state index contributed by atoms with van der Waals surface area (Å²) in [5.41, 5.74) is 10.4. The number of rotatable bonds is 3. The molecule has 0 aliphatic carbocycles. The Morgan fingerprint density at radius 3 is 2.61 bits per heavy atom. The Morgan fingerprint density at radius 1 is 1.30 bits per heavy atom. The van der Waals surface area contributed by atoms with E-state index in [1.165, 1.54) is 0 Å². The molecule has 0 radical (unpaired) electrons. The molecular formula is C18H14BrN3S. The lowest BCUT2D eigenvalue weighted by molar-refractivity contribution is 1.11. The molecule has 1 aromatic carbocycles. The number of anilines is 1. The Balaban J connectivity index is 2.37. The van der Waals surface area contributed by atoms with Gasteiger partial charge in [-0.05, 0) is 34.0 Å². The van der Waals surface area contributed by atoms with Crippen molar-refractivity contribution in [3.63, 3.8) is 0 Å². The van der Waals surface area contributed by atoms with Crippen LogP contribution < -0.4 is 5.73 Å². The van der Waals surface area contributed by atoms with Gasteiger partial charge in [-0.15, -0.1) is 11.3 Å². The smallest absolute Gasteiger partial charge is 0.142 e. The van der Waals surface area contributed by atoms with Crippen LogP contribution in [0.15, 0.2) is 46.3 Å². The van der Waals surface area contributed by atoms with Gasteiger partial charge >= 0.3 is 0 Å². The van der Waals surface area contributed by atoms with Gasteiger partial charge in [0.2, 0.25) is 0 Å². The van der Waals surface area contributed by atoms with Crippen LogP contribution in [0.25, 0.3) is 21.7 Å². The van der Waals surface area contributed by atoms with Crippen molar-refractivity contribution >= 4 is 33.1 Å². The fourth-order valence-electron chi connectivity index (χ4n) is 2.65. The van der Waals surface area contributed by atoms with Gasteiger partial charge in [0.1, 0.15) is 17.5 Å². The van der Waals surface area contributed by atoms with Crippen LogP contribution in [0, 0.1) is 11.3 Å². The first-order valence-electron chi connectivity index (χ1n) is 7.18. The summed E-state index contributed by atoms with van der Waals surface area (Å²) in [6, 6.07) is 14.2. The van der Waals surface area contributed by atoms with Crippen LogP contribution in [0.5, 0.6) is 0 Å². The van der Waals surface area contributed by atoms with Crippen molar-refractivity contribution in [2.24, 2.45) is 0 Å². The Bertz CT molecular complexity index is 895. The first-order chi connectivity index (χ1) is 11.2. The van der Waals surface area contributed by atoms with E-state index in [-0.39, 0.29) is 5.82 Å². The average molecular weight is 384 g/mol. The summed E-state index contributed by atoms with van der Waals surface area (Å²) >= 11 is 5.08. The number of hydrogen-bond acceptors (Lipinski definition) is 4. The highest BCUT2D eigenvalue weighted by atomic mass is 79.9. The van der Waals surface area contributed by atoms with E-state index >= 15 is 0 Å². The molecular weight excluding hydrogens is 370 g/mol. The molecule has 2 aromatic heterocycles. The molecule has 3 aromatic rings. The minimum absolute atomic E-state index is 0.281. The predicted octanol–water partition coefficient (Wildman–Crippen LogP) is 5.26. The third-order valence-electron chi connectivity index (χ3n) is 3.65. The zero-order valence-electron chi connectivity index (χ0n) is 12.5. The largest absolute Gasteiger partial charge is 0.383 e. The van der Waals surface area contributed by atoms with Gasteiger partial charge in [0.15, 0.2) is 0 Å². The molecule has 23 heavy (non-hydrogen) atoms. The number of nitriles is 1. The van der Waals surface area contributed by atoms with Crippen LogP contribution >= 0.6 is 27.3 Å². The Labute approximate surface area is 147 Å². The van der Waals surface area contributed by atoms with E-state index in [4.69, 9.17) is 5.73 Å². The average Bonchev–Trinajstić information content (AvgIpc) is 3.00. The van der Waals surface area contributed by atoms with Gasteiger partial charge in [-0.3, -0.25) is 0 Å². The maximum Gasteiger partial charge on any atom is 0.142 e. The fraction of sp³-hybridized carbons (Fsp3) is 0.111. The third-order valence-corrected chi connectivity index (χ3v) is 5.36. The highest BCUT2D eigenvalue weighted by Crippen LogP contribution is 2.40. The van der Waals surface area contributed by atoms with Crippen molar-refractivity contribution in [3.8, 4) is 27.8 Å². The van der Waals surface area contributed by atoms with E-state index in [0.29, 0.717) is 5.56 Å². The summed E-state index contributed by atoms with van der Waals surface area (Å²) in [5, 5.41) is 11.6. The minimum Gasteiger partial charge on any atom is -0.383 e. The highest BCUT2D eigenvalue weighted by Gasteiger charge is 2.20. The number of halogens is 1. The third kappa shape index (κ3) is 2.88. The lowest BCUT2D eigenvalue weighted by Crippen LogP contribution is -2.04. The summed E-state index contributed by atoms with van der Waals surface area (Å²) in [5.74, 6) is 0.281. The zero-order valence-corrected chi connectivity index (χ0v) is 14.9. The molecule has 3 nitrogen and oxygen atoms in total. The molecule has 0 spiro atoms. The van der Waals surface area contributed by atoms with Gasteiger partial charge < -0.3 is 5.73 Å². The molecule has 0 amide bonds. The van der Waals surface area contributed by atoms with Crippen LogP contribution in [0.1, 0.15) is 18.1 Å². The summed E-state index contributed by atoms with van der Waals surface area (Å²) in [6.45, 7) is 2.08. The molecule has 114 valence electrons. The van der Waals surface area contributed by atoms with E-state index in [1.54, 1.807) is 11.3 Å². The number of nitrogen functional groups attached to an aromatic ring is 1. The molecule has 0 unspecified atom stereocenters. The number of benzene rings is 1. The van der Waals surface area contributed by atoms with Crippen LogP contribution in [0.4, 0.5) is 5.82 Å². The molecule has 0 atom stereocenters. The molecule has 0 aliphatic heterocycles. The van der Waals surface area contributed by atoms with Crippen molar-refractivity contribution in [2.75, 3.05) is 5.73 Å². The van der Waals surface area contributed by atoms with E-state index in [0.717, 1.165) is 38.2 Å². The van der Waals surface area contributed by atoms with Gasteiger partial charge in [0.05, 0.1) is 5.69 Å². The van der Waals surface area contributed by atoms with Crippen LogP contribution in [0.3, 0.4) is 0 Å². The van der Waals surface area contributed by atoms with Crippen molar-refractivity contribution in [3.05, 3.63) is 57.4 Å². The van der Waals surface area contributed by atoms with Gasteiger partial charge in [-0.25, -0.2) is 4.98 Å². The van der Waals surface area contributed by atoms with Gasteiger partial charge in [0, 0.05) is 25.9 Å². The van der Waals surface area contributed by atoms with Crippen LogP contribution in [-0.4, -0.2) is 4.98 Å². The lowest BCUT2D eigenvalue weighted by Gasteiger charge is -2.15. The second kappa shape index (κ2) is 6.53. The van der Waals surface area contributed by atoms with E-state index in [2.05, 4.69) is 33.9 Å². The molecule has 2 N–H and O–H groups in total. The number of nitrogens with zero attached hydrogens (tertiary/aromatic N) is 2. The monoisotopic (exact) mass is 383 g/mol. The first kappa shape index (κ1) is 15.7. The van der Waals surface area contributed by atoms with Gasteiger partial charge in [-0.1, -0.05) is 37.3 Å². The first-order valence-corrected chi connectivity index (χ1v) is 8.85. The number of aromatic nitrogens is 1. The minimum atomic E-state index is 0.281. The quantitative estimate of drug-likeness (QED) is 0.670. The number of thiophene rings is 1. The SMILES string of the molecule is CCc1c(-c2ccccc2)nc(N)c(C#N)c1-c1cc(Br)cs1. The fourth-order valence-corrected chi connectivity index (χ4v) is 4.16. The van der Waals surface area contributed by atoms with E-state index in [1.807, 2.05) is 41.8 Å². The standard InChI is InChI=1S/C18H14BrN3S/c1-2-13-16(15-8-12(19)10-23-15)14(9-20)18(21)22-17(13)11-6-4-3-5-7-11/h3-8,10H,2H2,1H3,(H2,21,22). The molecule has 0 bridgehead atoms.